The maximum Gasteiger partial charge on any atom is 0.203 e. The van der Waals surface area contributed by atoms with Crippen molar-refractivity contribution in [3.8, 4) is 23.0 Å². The second-order valence-electron chi connectivity index (χ2n) is 7.60. The standard InChI is InChI=1S/C23H28NO6P/c1-13-17(27-3)10-9-16-20(14(2)24(21(13)16)31(7,8)26)22(25)15-11-18(28-4)23(30-6)19(12-15)29-5/h9-12H,1-8H3. The number of ether oxygens (including phenoxy) is 4. The number of hydrogen-bond acceptors (Lipinski definition) is 6. The fourth-order valence-corrected chi connectivity index (χ4v) is 5.65. The highest BCUT2D eigenvalue weighted by molar-refractivity contribution is 7.61. The number of rotatable bonds is 7. The summed E-state index contributed by atoms with van der Waals surface area (Å²) in [5, 5.41) is 0.721. The predicted octanol–water partition coefficient (Wildman–Crippen LogP) is 4.91. The van der Waals surface area contributed by atoms with Gasteiger partial charge in [0.15, 0.2) is 24.6 Å². The summed E-state index contributed by atoms with van der Waals surface area (Å²) in [6.45, 7) is 7.09. The number of benzene rings is 2. The molecule has 3 rings (SSSR count). The minimum absolute atomic E-state index is 0.224. The van der Waals surface area contributed by atoms with Crippen molar-refractivity contribution in [3.05, 3.63) is 46.6 Å². The highest BCUT2D eigenvalue weighted by atomic mass is 31.2. The molecule has 1 aromatic heterocycles. The predicted molar refractivity (Wildman–Crippen MR) is 122 cm³/mol. The molecule has 0 atom stereocenters. The van der Waals surface area contributed by atoms with Gasteiger partial charge in [-0.3, -0.25) is 9.13 Å². The van der Waals surface area contributed by atoms with E-state index in [4.69, 9.17) is 18.9 Å². The van der Waals surface area contributed by atoms with Crippen LogP contribution in [0.3, 0.4) is 0 Å². The van der Waals surface area contributed by atoms with Crippen LogP contribution in [0.4, 0.5) is 0 Å². The van der Waals surface area contributed by atoms with Crippen LogP contribution >= 0.6 is 7.29 Å². The molecule has 0 saturated carbocycles. The molecule has 0 saturated heterocycles. The minimum Gasteiger partial charge on any atom is -0.496 e. The van der Waals surface area contributed by atoms with Crippen molar-refractivity contribution in [2.45, 2.75) is 13.8 Å². The zero-order valence-electron chi connectivity index (χ0n) is 19.2. The lowest BCUT2D eigenvalue weighted by molar-refractivity contribution is 0.103. The number of ketones is 1. The highest BCUT2D eigenvalue weighted by Crippen LogP contribution is 2.48. The minimum atomic E-state index is -2.77. The van der Waals surface area contributed by atoms with Crippen LogP contribution < -0.4 is 18.9 Å². The Hall–Kier alpha value is -2.92. The van der Waals surface area contributed by atoms with Crippen LogP contribution in [0.1, 0.15) is 27.2 Å². The van der Waals surface area contributed by atoms with Crippen molar-refractivity contribution in [1.82, 2.24) is 4.34 Å². The molecule has 166 valence electrons. The van der Waals surface area contributed by atoms with Crippen LogP contribution in [0.15, 0.2) is 24.3 Å². The van der Waals surface area contributed by atoms with Crippen LogP contribution in [0.25, 0.3) is 10.9 Å². The van der Waals surface area contributed by atoms with E-state index in [1.54, 1.807) is 36.9 Å². The average Bonchev–Trinajstić information content (AvgIpc) is 3.05. The van der Waals surface area contributed by atoms with Crippen molar-refractivity contribution >= 4 is 24.0 Å². The molecule has 0 fully saturated rings. The summed E-state index contributed by atoms with van der Waals surface area (Å²) < 4.78 is 36.6. The molecule has 1 heterocycles. The van der Waals surface area contributed by atoms with Crippen LogP contribution in [0, 0.1) is 13.8 Å². The molecule has 0 N–H and O–H groups in total. The highest BCUT2D eigenvalue weighted by Gasteiger charge is 2.29. The van der Waals surface area contributed by atoms with Crippen LogP contribution in [-0.2, 0) is 4.57 Å². The van der Waals surface area contributed by atoms with Gasteiger partial charge in [-0.05, 0) is 38.1 Å². The third-order valence-electron chi connectivity index (χ3n) is 5.40. The molecule has 0 unspecified atom stereocenters. The summed E-state index contributed by atoms with van der Waals surface area (Å²) in [5.74, 6) is 1.64. The lowest BCUT2D eigenvalue weighted by Crippen LogP contribution is -2.06. The first-order valence-corrected chi connectivity index (χ1v) is 12.2. The van der Waals surface area contributed by atoms with Crippen molar-refractivity contribution in [2.75, 3.05) is 41.8 Å². The normalized spacial score (nSPS) is 11.5. The van der Waals surface area contributed by atoms with Crippen LogP contribution in [-0.4, -0.2) is 51.9 Å². The fourth-order valence-electron chi connectivity index (χ4n) is 4.09. The summed E-state index contributed by atoms with van der Waals surface area (Å²) in [6, 6.07) is 6.91. The Morgan fingerprint density at radius 1 is 0.871 bits per heavy atom. The van der Waals surface area contributed by atoms with Gasteiger partial charge in [0.05, 0.1) is 39.5 Å². The molecule has 2 aromatic carbocycles. The smallest absolute Gasteiger partial charge is 0.203 e. The summed E-state index contributed by atoms with van der Waals surface area (Å²) in [6.07, 6.45) is 0. The largest absolute Gasteiger partial charge is 0.496 e. The Bertz CT molecular complexity index is 1200. The Kier molecular flexibility index (Phi) is 6.10. The number of fused-ring (bicyclic) bond motifs is 1. The van der Waals surface area contributed by atoms with Crippen molar-refractivity contribution in [2.24, 2.45) is 0 Å². The first-order valence-electron chi connectivity index (χ1n) is 9.69. The van der Waals surface area contributed by atoms with Gasteiger partial charge in [-0.2, -0.15) is 0 Å². The Morgan fingerprint density at radius 3 is 1.87 bits per heavy atom. The van der Waals surface area contributed by atoms with Gasteiger partial charge in [0.25, 0.3) is 0 Å². The molecule has 0 radical (unpaired) electrons. The average molecular weight is 445 g/mol. The van der Waals surface area contributed by atoms with Gasteiger partial charge in [0, 0.05) is 35.5 Å². The van der Waals surface area contributed by atoms with E-state index in [-0.39, 0.29) is 5.78 Å². The summed E-state index contributed by atoms with van der Waals surface area (Å²) in [4.78, 5) is 13.7. The number of aryl methyl sites for hydroxylation is 1. The SMILES string of the molecule is COc1cc(C(=O)c2c(C)n(P(C)(C)=O)c3c(C)c(OC)ccc23)cc(OC)c1OC. The van der Waals surface area contributed by atoms with Crippen molar-refractivity contribution in [3.63, 3.8) is 0 Å². The topological polar surface area (TPSA) is 76.0 Å². The Labute approximate surface area is 182 Å². The molecule has 0 aliphatic rings. The maximum absolute atomic E-state index is 13.7. The van der Waals surface area contributed by atoms with E-state index in [1.165, 1.54) is 21.3 Å². The molecular formula is C23H28NO6P. The molecule has 0 amide bonds. The molecule has 0 aliphatic heterocycles. The molecule has 8 heteroatoms. The number of hydrogen-bond donors (Lipinski definition) is 0. The third-order valence-corrected chi connectivity index (χ3v) is 6.86. The summed E-state index contributed by atoms with van der Waals surface area (Å²) >= 11 is 0. The molecular weight excluding hydrogens is 417 g/mol. The summed E-state index contributed by atoms with van der Waals surface area (Å²) in [5.41, 5.74) is 3.07. The first kappa shape index (κ1) is 22.8. The fraction of sp³-hybridized carbons (Fsp3) is 0.348. The number of carbonyl (C=O) groups excluding carboxylic acids is 1. The Morgan fingerprint density at radius 2 is 1.42 bits per heavy atom. The van der Waals surface area contributed by atoms with Gasteiger partial charge in [-0.1, -0.05) is 0 Å². The summed E-state index contributed by atoms with van der Waals surface area (Å²) in [7, 11) is 3.33. The van der Waals surface area contributed by atoms with Gasteiger partial charge in [-0.15, -0.1) is 0 Å². The van der Waals surface area contributed by atoms with Gasteiger partial charge < -0.3 is 23.5 Å². The second kappa shape index (κ2) is 8.31. The quantitative estimate of drug-likeness (QED) is 0.380. The number of methoxy groups -OCH3 is 4. The maximum atomic E-state index is 13.7. The van der Waals surface area contributed by atoms with Gasteiger partial charge in [0.2, 0.25) is 5.75 Å². The molecule has 0 aliphatic carbocycles. The van der Waals surface area contributed by atoms with Gasteiger partial charge in [-0.25, -0.2) is 0 Å². The van der Waals surface area contributed by atoms with E-state index in [0.29, 0.717) is 39.8 Å². The molecule has 0 bridgehead atoms. The van der Waals surface area contributed by atoms with Gasteiger partial charge >= 0.3 is 0 Å². The lowest BCUT2D eigenvalue weighted by Gasteiger charge is -2.16. The van der Waals surface area contributed by atoms with Crippen LogP contribution in [0.2, 0.25) is 0 Å². The van der Waals surface area contributed by atoms with E-state index < -0.39 is 7.29 Å². The molecule has 7 nitrogen and oxygen atoms in total. The van der Waals surface area contributed by atoms with E-state index >= 15 is 0 Å². The van der Waals surface area contributed by atoms with E-state index in [1.807, 2.05) is 26.0 Å². The zero-order chi connectivity index (χ0) is 23.1. The monoisotopic (exact) mass is 445 g/mol. The van der Waals surface area contributed by atoms with E-state index in [9.17, 15) is 9.36 Å². The van der Waals surface area contributed by atoms with Gasteiger partial charge in [0.1, 0.15) is 5.75 Å². The first-order chi connectivity index (χ1) is 14.6. The molecule has 3 aromatic rings. The number of carbonyl (C=O) groups is 1. The Balaban J connectivity index is 2.37. The molecule has 31 heavy (non-hydrogen) atoms. The van der Waals surface area contributed by atoms with E-state index in [2.05, 4.69) is 0 Å². The van der Waals surface area contributed by atoms with E-state index in [0.717, 1.165) is 16.5 Å². The number of aromatic nitrogens is 1. The van der Waals surface area contributed by atoms with Crippen LogP contribution in [0.5, 0.6) is 23.0 Å². The van der Waals surface area contributed by atoms with Crippen molar-refractivity contribution in [1.29, 1.82) is 0 Å². The lowest BCUT2D eigenvalue weighted by atomic mass is 9.98. The zero-order valence-corrected chi connectivity index (χ0v) is 20.0. The third kappa shape index (κ3) is 3.68. The second-order valence-corrected chi connectivity index (χ2v) is 10.6. The van der Waals surface area contributed by atoms with Crippen molar-refractivity contribution < 1.29 is 28.3 Å². The molecule has 0 spiro atoms. The number of nitrogens with zero attached hydrogens (tertiary/aromatic N) is 1.